The summed E-state index contributed by atoms with van der Waals surface area (Å²) in [6.07, 6.45) is 3.67. The number of aromatic nitrogens is 4. The van der Waals surface area contributed by atoms with E-state index < -0.39 is 44.2 Å². The molecule has 1 fully saturated rings. The number of imidazole rings is 1. The predicted octanol–water partition coefficient (Wildman–Crippen LogP) is 8.68. The number of carbonyl (C=O) groups excluding carboxylic acids is 1. The Hall–Kier alpha value is -5.67. The SMILES string of the molecule is C=CCOC(=O)N(CC=C)c1nc2c(ncn2[C@H]2C[C@H](OP(OCC=C)N(C(C)C)C(C)C)[C@@H](COC(c3ccccc3)(c3ccc(OC)cc3)c3ccc(OC)cc3)O2)c(=O)[nH]1. The lowest BCUT2D eigenvalue weighted by molar-refractivity contribution is -0.0911. The number of anilines is 1. The van der Waals surface area contributed by atoms with Crippen molar-refractivity contribution in [1.82, 2.24) is 24.2 Å². The largest absolute Gasteiger partial charge is 0.497 e. The number of rotatable bonds is 22. The van der Waals surface area contributed by atoms with E-state index in [1.807, 2.05) is 78.9 Å². The molecule has 63 heavy (non-hydrogen) atoms. The Bertz CT molecular complexity index is 2300. The Balaban J connectivity index is 1.46. The molecule has 6 rings (SSSR count). The highest BCUT2D eigenvalue weighted by atomic mass is 31.2. The third-order valence-corrected chi connectivity index (χ3v) is 12.6. The van der Waals surface area contributed by atoms with Crippen LogP contribution in [0.1, 0.15) is 57.0 Å². The number of H-pyrrole nitrogens is 1. The van der Waals surface area contributed by atoms with Gasteiger partial charge in [-0.2, -0.15) is 4.98 Å². The number of nitrogens with zero attached hydrogens (tertiary/aromatic N) is 5. The van der Waals surface area contributed by atoms with Gasteiger partial charge in [0.15, 0.2) is 11.2 Å². The summed E-state index contributed by atoms with van der Waals surface area (Å²) in [7, 11) is 1.62. The molecule has 5 aromatic rings. The maximum absolute atomic E-state index is 13.5. The molecule has 0 bridgehead atoms. The Morgan fingerprint density at radius 3 is 2.06 bits per heavy atom. The van der Waals surface area contributed by atoms with Crippen molar-refractivity contribution in [1.29, 1.82) is 0 Å². The molecule has 3 heterocycles. The summed E-state index contributed by atoms with van der Waals surface area (Å²) < 4.78 is 48.1. The van der Waals surface area contributed by atoms with Crippen LogP contribution in [-0.4, -0.2) is 95.2 Å². The number of hydrogen-bond donors (Lipinski definition) is 1. The molecule has 0 saturated carbocycles. The van der Waals surface area contributed by atoms with E-state index in [9.17, 15) is 9.59 Å². The summed E-state index contributed by atoms with van der Waals surface area (Å²) in [5.74, 6) is 1.34. The van der Waals surface area contributed by atoms with Gasteiger partial charge in [-0.25, -0.2) is 19.3 Å². The molecule has 1 amide bonds. The van der Waals surface area contributed by atoms with Gasteiger partial charge < -0.3 is 32.7 Å². The second-order valence-corrected chi connectivity index (χ2v) is 16.6. The molecule has 0 radical (unpaired) electrons. The number of hydrogen-bond acceptors (Lipinski definition) is 12. The Kier molecular flexibility index (Phi) is 16.1. The smallest absolute Gasteiger partial charge is 0.417 e. The van der Waals surface area contributed by atoms with Crippen molar-refractivity contribution >= 4 is 31.7 Å². The minimum Gasteiger partial charge on any atom is -0.497 e. The predicted molar refractivity (Wildman–Crippen MR) is 244 cm³/mol. The van der Waals surface area contributed by atoms with E-state index in [2.05, 4.69) is 62.1 Å². The van der Waals surface area contributed by atoms with Gasteiger partial charge in [-0.15, -0.1) is 13.2 Å². The van der Waals surface area contributed by atoms with E-state index in [0.29, 0.717) is 17.9 Å². The van der Waals surface area contributed by atoms with Gasteiger partial charge in [0, 0.05) is 25.0 Å². The van der Waals surface area contributed by atoms with E-state index in [0.717, 1.165) is 16.7 Å². The number of aromatic amines is 1. The first kappa shape index (κ1) is 46.8. The maximum atomic E-state index is 13.5. The van der Waals surface area contributed by atoms with Gasteiger partial charge in [0.2, 0.25) is 5.95 Å². The Labute approximate surface area is 369 Å². The first-order valence-electron chi connectivity index (χ1n) is 20.7. The van der Waals surface area contributed by atoms with E-state index in [4.69, 9.17) is 37.7 Å². The third kappa shape index (κ3) is 10.4. The molecule has 1 N–H and O–H groups in total. The fraction of sp³-hybridized carbons (Fsp3) is 0.362. The summed E-state index contributed by atoms with van der Waals surface area (Å²) in [6, 6.07) is 25.8. The fourth-order valence-electron chi connectivity index (χ4n) is 7.61. The first-order chi connectivity index (χ1) is 30.5. The first-order valence-corrected chi connectivity index (χ1v) is 21.9. The number of amides is 1. The highest BCUT2D eigenvalue weighted by Crippen LogP contribution is 2.51. The highest BCUT2D eigenvalue weighted by molar-refractivity contribution is 7.44. The summed E-state index contributed by atoms with van der Waals surface area (Å²) in [4.78, 5) is 39.6. The van der Waals surface area contributed by atoms with Crippen LogP contribution in [0, 0.1) is 0 Å². The van der Waals surface area contributed by atoms with E-state index in [1.165, 1.54) is 23.4 Å². The minimum absolute atomic E-state index is 0.00975. The molecule has 4 atom stereocenters. The second kappa shape index (κ2) is 21.6. The van der Waals surface area contributed by atoms with E-state index in [-0.39, 0.29) is 55.6 Å². The molecule has 0 aliphatic carbocycles. The zero-order valence-electron chi connectivity index (χ0n) is 36.7. The monoisotopic (exact) mass is 880 g/mol. The van der Waals surface area contributed by atoms with Gasteiger partial charge in [0.05, 0.1) is 39.9 Å². The maximum Gasteiger partial charge on any atom is 0.417 e. The molecular weight excluding hydrogens is 824 g/mol. The third-order valence-electron chi connectivity index (χ3n) is 10.4. The zero-order chi connectivity index (χ0) is 45.1. The van der Waals surface area contributed by atoms with E-state index in [1.54, 1.807) is 24.9 Å². The van der Waals surface area contributed by atoms with Crippen molar-refractivity contribution < 1.29 is 37.5 Å². The Morgan fingerprint density at radius 1 is 0.905 bits per heavy atom. The van der Waals surface area contributed by atoms with Crippen molar-refractivity contribution in [3.05, 3.63) is 150 Å². The topological polar surface area (TPSA) is 152 Å². The molecule has 3 aromatic carbocycles. The minimum atomic E-state index is -1.65. The second-order valence-electron chi connectivity index (χ2n) is 15.2. The van der Waals surface area contributed by atoms with Crippen LogP contribution in [0.15, 0.2) is 128 Å². The van der Waals surface area contributed by atoms with Crippen molar-refractivity contribution in [2.24, 2.45) is 0 Å². The standard InChI is InChI=1S/C47H57N6O9P/c1-10-26-51(46(55)58-27-11-2)45-49-43-42(44(54)50-45)48-31-52(43)41-29-39(62-63(60-28-12-3)53(32(4)5)33(6)7)40(61-41)30-59-47(34-16-14-13-15-17-34,35-18-22-37(56-8)23-19-35)36-20-24-38(57-9)25-21-36/h10-25,31-33,39-41H,1-3,26-30H2,4-9H3,(H,49,50,54)/t39-,40+,41+,63?/m0/s1. The molecule has 2 aromatic heterocycles. The summed E-state index contributed by atoms with van der Waals surface area (Å²) >= 11 is 0. The summed E-state index contributed by atoms with van der Waals surface area (Å²) in [6.45, 7) is 20.0. The van der Waals surface area contributed by atoms with Crippen LogP contribution in [0.4, 0.5) is 10.7 Å². The number of nitrogens with one attached hydrogen (secondary N) is 1. The number of fused-ring (bicyclic) bond motifs is 1. The Morgan fingerprint density at radius 2 is 1.51 bits per heavy atom. The van der Waals surface area contributed by atoms with Crippen molar-refractivity contribution in [2.75, 3.05) is 45.5 Å². The molecule has 1 aliphatic heterocycles. The van der Waals surface area contributed by atoms with Crippen LogP contribution in [0.2, 0.25) is 0 Å². The van der Waals surface area contributed by atoms with Crippen molar-refractivity contribution in [3.63, 3.8) is 0 Å². The molecule has 16 heteroatoms. The van der Waals surface area contributed by atoms with Gasteiger partial charge in [-0.1, -0.05) is 79.4 Å². The van der Waals surface area contributed by atoms with Gasteiger partial charge in [-0.3, -0.25) is 14.3 Å². The van der Waals surface area contributed by atoms with Crippen LogP contribution >= 0.6 is 8.53 Å². The molecule has 1 unspecified atom stereocenters. The number of carbonyl (C=O) groups is 1. The lowest BCUT2D eigenvalue weighted by Crippen LogP contribution is -2.39. The van der Waals surface area contributed by atoms with Crippen LogP contribution in [-0.2, 0) is 28.9 Å². The van der Waals surface area contributed by atoms with Crippen LogP contribution < -0.4 is 19.9 Å². The van der Waals surface area contributed by atoms with Crippen molar-refractivity contribution in [2.45, 2.75) is 70.2 Å². The van der Waals surface area contributed by atoms with Crippen LogP contribution in [0.3, 0.4) is 0 Å². The summed E-state index contributed by atoms with van der Waals surface area (Å²) in [5, 5.41) is 0. The summed E-state index contributed by atoms with van der Waals surface area (Å²) in [5.41, 5.74) is 1.11. The molecule has 1 saturated heterocycles. The molecule has 334 valence electrons. The number of methoxy groups -OCH3 is 2. The van der Waals surface area contributed by atoms with Crippen molar-refractivity contribution in [3.8, 4) is 11.5 Å². The fourth-order valence-corrected chi connectivity index (χ4v) is 9.35. The average Bonchev–Trinajstić information content (AvgIpc) is 3.91. The number of benzene rings is 3. The molecule has 0 spiro atoms. The van der Waals surface area contributed by atoms with Gasteiger partial charge >= 0.3 is 6.09 Å². The molecular formula is C47H57N6O9P. The van der Waals surface area contributed by atoms with E-state index >= 15 is 0 Å². The molecule has 1 aliphatic rings. The van der Waals surface area contributed by atoms with Gasteiger partial charge in [0.25, 0.3) is 14.1 Å². The highest BCUT2D eigenvalue weighted by Gasteiger charge is 2.45. The zero-order valence-corrected chi connectivity index (χ0v) is 37.6. The quantitative estimate of drug-likeness (QED) is 0.0402. The number of ether oxygens (including phenoxy) is 5. The lowest BCUT2D eigenvalue weighted by atomic mass is 9.80. The lowest BCUT2D eigenvalue weighted by Gasteiger charge is -2.39. The van der Waals surface area contributed by atoms with Crippen LogP contribution in [0.5, 0.6) is 11.5 Å². The van der Waals surface area contributed by atoms with Gasteiger partial charge in [0.1, 0.15) is 36.0 Å². The molecule has 15 nitrogen and oxygen atoms in total. The normalized spacial score (nSPS) is 16.9. The average molecular weight is 881 g/mol. The van der Waals surface area contributed by atoms with Gasteiger partial charge in [-0.05, 0) is 68.7 Å². The van der Waals surface area contributed by atoms with Crippen LogP contribution in [0.25, 0.3) is 11.2 Å².